The third-order valence-electron chi connectivity index (χ3n) is 2.61. The van der Waals surface area contributed by atoms with Gasteiger partial charge >= 0.3 is 0 Å². The van der Waals surface area contributed by atoms with E-state index in [-0.39, 0.29) is 11.8 Å². The normalized spacial score (nSPS) is 14.4. The number of amides is 1. The fraction of sp³-hybridized carbons (Fsp3) is 0.818. The lowest BCUT2D eigenvalue weighted by Gasteiger charge is -2.23. The summed E-state index contributed by atoms with van der Waals surface area (Å²) in [6, 6.07) is 0. The van der Waals surface area contributed by atoms with Gasteiger partial charge in [0.05, 0.1) is 6.54 Å². The van der Waals surface area contributed by atoms with E-state index < -0.39 is 0 Å². The summed E-state index contributed by atoms with van der Waals surface area (Å²) in [5.74, 6) is 0.677. The Morgan fingerprint density at radius 3 is 2.21 bits per heavy atom. The Labute approximate surface area is 87.2 Å². The monoisotopic (exact) mass is 198 g/mol. The van der Waals surface area contributed by atoms with Crippen molar-refractivity contribution in [3.63, 3.8) is 0 Å². The molecular weight excluding hydrogens is 176 g/mol. The Hall–Kier alpha value is -0.860. The van der Waals surface area contributed by atoms with E-state index in [2.05, 4.69) is 18.8 Å². The van der Waals surface area contributed by atoms with Crippen LogP contribution in [-0.2, 0) is 4.79 Å². The van der Waals surface area contributed by atoms with Crippen LogP contribution in [0.1, 0.15) is 27.7 Å². The number of rotatable bonds is 4. The summed E-state index contributed by atoms with van der Waals surface area (Å²) < 4.78 is 0. The second kappa shape index (κ2) is 5.78. The second-order valence-corrected chi connectivity index (χ2v) is 4.19. The minimum Gasteiger partial charge on any atom is -0.340 e. The number of nitrogens with zero attached hydrogens (tertiary/aromatic N) is 2. The van der Waals surface area contributed by atoms with Crippen LogP contribution in [0.4, 0.5) is 0 Å². The van der Waals surface area contributed by atoms with Crippen LogP contribution in [0, 0.1) is 11.8 Å². The van der Waals surface area contributed by atoms with Gasteiger partial charge in [0.2, 0.25) is 5.91 Å². The highest BCUT2D eigenvalue weighted by atomic mass is 16.2. The lowest BCUT2D eigenvalue weighted by atomic mass is 9.97. The maximum atomic E-state index is 11.8. The number of hydrogen-bond acceptors (Lipinski definition) is 2. The minimum absolute atomic E-state index is 0.0876. The van der Waals surface area contributed by atoms with Crippen molar-refractivity contribution in [3.05, 3.63) is 0 Å². The molecule has 0 aromatic heterocycles. The zero-order valence-electron chi connectivity index (χ0n) is 10.2. The average Bonchev–Trinajstić information content (AvgIpc) is 2.14. The molecule has 0 spiro atoms. The third kappa shape index (κ3) is 3.90. The van der Waals surface area contributed by atoms with Gasteiger partial charge in [0.15, 0.2) is 0 Å². The molecule has 3 heteroatoms. The van der Waals surface area contributed by atoms with Gasteiger partial charge in [-0.2, -0.15) is 0 Å². The molecule has 1 atom stereocenters. The molecule has 0 N–H and O–H groups in total. The summed E-state index contributed by atoms with van der Waals surface area (Å²) in [4.78, 5) is 17.6. The smallest absolute Gasteiger partial charge is 0.225 e. The van der Waals surface area contributed by atoms with Crippen molar-refractivity contribution in [2.75, 3.05) is 20.6 Å². The Morgan fingerprint density at radius 1 is 1.36 bits per heavy atom. The van der Waals surface area contributed by atoms with Crippen LogP contribution in [0.2, 0.25) is 0 Å². The van der Waals surface area contributed by atoms with Crippen LogP contribution in [0.15, 0.2) is 4.99 Å². The van der Waals surface area contributed by atoms with E-state index in [0.29, 0.717) is 12.5 Å². The van der Waals surface area contributed by atoms with Crippen LogP contribution >= 0.6 is 0 Å². The Kier molecular flexibility index (Phi) is 5.43. The molecule has 0 aliphatic rings. The lowest BCUT2D eigenvalue weighted by molar-refractivity contribution is -0.134. The van der Waals surface area contributed by atoms with Gasteiger partial charge in [-0.3, -0.25) is 9.79 Å². The highest BCUT2D eigenvalue weighted by Crippen LogP contribution is 2.12. The predicted octanol–water partition coefficient (Wildman–Crippen LogP) is 1.83. The molecule has 3 nitrogen and oxygen atoms in total. The van der Waals surface area contributed by atoms with E-state index in [9.17, 15) is 4.79 Å². The Bertz CT molecular complexity index is 221. The van der Waals surface area contributed by atoms with E-state index >= 15 is 0 Å². The topological polar surface area (TPSA) is 32.7 Å². The van der Waals surface area contributed by atoms with Gasteiger partial charge in [-0.05, 0) is 12.8 Å². The van der Waals surface area contributed by atoms with E-state index in [1.165, 1.54) is 0 Å². The van der Waals surface area contributed by atoms with Gasteiger partial charge in [-0.1, -0.05) is 20.8 Å². The van der Waals surface area contributed by atoms with Gasteiger partial charge in [0.25, 0.3) is 0 Å². The van der Waals surface area contributed by atoms with E-state index in [0.717, 1.165) is 5.71 Å². The van der Waals surface area contributed by atoms with E-state index in [4.69, 9.17) is 0 Å². The fourth-order valence-corrected chi connectivity index (χ4v) is 1.12. The summed E-state index contributed by atoms with van der Waals surface area (Å²) in [7, 11) is 3.58. The molecule has 14 heavy (non-hydrogen) atoms. The van der Waals surface area contributed by atoms with Gasteiger partial charge in [-0.25, -0.2) is 0 Å². The van der Waals surface area contributed by atoms with E-state index in [1.807, 2.05) is 20.9 Å². The first-order valence-electron chi connectivity index (χ1n) is 5.07. The van der Waals surface area contributed by atoms with Crippen LogP contribution in [-0.4, -0.2) is 37.2 Å². The number of carbonyl (C=O) groups is 1. The summed E-state index contributed by atoms with van der Waals surface area (Å²) in [6.45, 7) is 8.67. The fourth-order valence-electron chi connectivity index (χ4n) is 1.12. The lowest BCUT2D eigenvalue weighted by Crippen LogP contribution is -2.36. The molecule has 0 aliphatic carbocycles. The van der Waals surface area contributed by atoms with Gasteiger partial charge < -0.3 is 4.90 Å². The summed E-state index contributed by atoms with van der Waals surface area (Å²) >= 11 is 0. The van der Waals surface area contributed by atoms with E-state index in [1.54, 1.807) is 11.9 Å². The predicted molar refractivity (Wildman–Crippen MR) is 60.7 cm³/mol. The number of carbonyl (C=O) groups excluding carboxylic acids is 1. The third-order valence-corrected chi connectivity index (χ3v) is 2.61. The molecule has 0 saturated heterocycles. The maximum absolute atomic E-state index is 11.8. The van der Waals surface area contributed by atoms with Crippen molar-refractivity contribution in [2.45, 2.75) is 27.7 Å². The molecule has 1 amide bonds. The van der Waals surface area contributed by atoms with Crippen LogP contribution in [0.5, 0.6) is 0 Å². The van der Waals surface area contributed by atoms with Crippen molar-refractivity contribution in [2.24, 2.45) is 16.8 Å². The molecule has 0 unspecified atom stereocenters. The standard InChI is InChI=1S/C11H22N2O/c1-8(2)10(4)11(14)13(6)7-9(3)12-5/h8,10H,7H2,1-6H3/t10-/m0/s1. The van der Waals surface area contributed by atoms with Crippen LogP contribution in [0.25, 0.3) is 0 Å². The van der Waals surface area contributed by atoms with Crippen molar-refractivity contribution in [1.29, 1.82) is 0 Å². The molecule has 0 saturated carbocycles. The molecule has 0 rings (SSSR count). The largest absolute Gasteiger partial charge is 0.340 e. The van der Waals surface area contributed by atoms with Crippen molar-refractivity contribution < 1.29 is 4.79 Å². The van der Waals surface area contributed by atoms with Gasteiger partial charge in [0, 0.05) is 25.7 Å². The molecular formula is C11H22N2O. The molecule has 82 valence electrons. The summed E-state index contributed by atoms with van der Waals surface area (Å²) in [5, 5.41) is 0. The first-order chi connectivity index (χ1) is 6.40. The van der Waals surface area contributed by atoms with Crippen molar-refractivity contribution >= 4 is 11.6 Å². The zero-order valence-corrected chi connectivity index (χ0v) is 10.2. The number of aliphatic imine (C=N–C) groups is 1. The van der Waals surface area contributed by atoms with Crippen LogP contribution < -0.4 is 0 Å². The van der Waals surface area contributed by atoms with Crippen LogP contribution in [0.3, 0.4) is 0 Å². The molecule has 0 aromatic carbocycles. The van der Waals surface area contributed by atoms with Gasteiger partial charge in [0.1, 0.15) is 0 Å². The minimum atomic E-state index is 0.0876. The molecule has 0 fully saturated rings. The number of hydrogen-bond donors (Lipinski definition) is 0. The molecule has 0 aromatic rings. The quantitative estimate of drug-likeness (QED) is 0.634. The molecule has 0 heterocycles. The molecule has 0 aliphatic heterocycles. The summed E-state index contributed by atoms with van der Waals surface area (Å²) in [5.41, 5.74) is 0.983. The first-order valence-corrected chi connectivity index (χ1v) is 5.07. The first kappa shape index (κ1) is 13.1. The highest BCUT2D eigenvalue weighted by molar-refractivity contribution is 5.88. The SMILES string of the molecule is CN=C(C)CN(C)C(=O)[C@@H](C)C(C)C. The second-order valence-electron chi connectivity index (χ2n) is 4.19. The summed E-state index contributed by atoms with van der Waals surface area (Å²) in [6.07, 6.45) is 0. The van der Waals surface area contributed by atoms with Gasteiger partial charge in [-0.15, -0.1) is 0 Å². The zero-order chi connectivity index (χ0) is 11.3. The molecule has 0 bridgehead atoms. The van der Waals surface area contributed by atoms with Crippen molar-refractivity contribution in [3.8, 4) is 0 Å². The van der Waals surface area contributed by atoms with Crippen molar-refractivity contribution in [1.82, 2.24) is 4.90 Å². The Morgan fingerprint density at radius 2 is 1.86 bits per heavy atom. The Balaban J connectivity index is 4.26. The average molecular weight is 198 g/mol. The highest BCUT2D eigenvalue weighted by Gasteiger charge is 2.20. The molecule has 0 radical (unpaired) electrons. The maximum Gasteiger partial charge on any atom is 0.225 e.